The van der Waals surface area contributed by atoms with Crippen LogP contribution in [0.5, 0.6) is 0 Å². The third kappa shape index (κ3) is 2.85. The maximum atomic E-state index is 12.8. The third-order valence-electron chi connectivity index (χ3n) is 3.98. The normalized spacial score (nSPS) is 15.0. The van der Waals surface area contributed by atoms with Gasteiger partial charge in [0.25, 0.3) is 5.91 Å². The highest BCUT2D eigenvalue weighted by atomic mass is 16.2. The van der Waals surface area contributed by atoms with Gasteiger partial charge in [-0.2, -0.15) is 5.10 Å². The zero-order valence-corrected chi connectivity index (χ0v) is 13.8. The van der Waals surface area contributed by atoms with E-state index in [4.69, 9.17) is 0 Å². The third-order valence-corrected chi connectivity index (χ3v) is 3.98. The first-order valence-corrected chi connectivity index (χ1v) is 8.11. The van der Waals surface area contributed by atoms with Crippen LogP contribution in [0.1, 0.15) is 56.9 Å². The van der Waals surface area contributed by atoms with Gasteiger partial charge in [0.15, 0.2) is 5.65 Å². The Morgan fingerprint density at radius 3 is 2.64 bits per heavy atom. The Hall–Kier alpha value is -1.91. The lowest BCUT2D eigenvalue weighted by Gasteiger charge is -2.24. The number of hydrogen-bond donors (Lipinski definition) is 0. The summed E-state index contributed by atoms with van der Waals surface area (Å²) in [5.41, 5.74) is 1.51. The Bertz CT molecular complexity index is 685. The Morgan fingerprint density at radius 2 is 2.05 bits per heavy atom. The smallest absolute Gasteiger partial charge is 0.255 e. The topological polar surface area (TPSA) is 51.0 Å². The molecule has 0 atom stereocenters. The molecule has 0 spiro atoms. The Kier molecular flexibility index (Phi) is 3.89. The minimum atomic E-state index is 0.0999. The summed E-state index contributed by atoms with van der Waals surface area (Å²) in [6, 6.07) is 2.60. The maximum absolute atomic E-state index is 12.8. The monoisotopic (exact) mass is 300 g/mol. The molecule has 2 aromatic heterocycles. The zero-order valence-electron chi connectivity index (χ0n) is 13.8. The van der Waals surface area contributed by atoms with Crippen LogP contribution >= 0.6 is 0 Å². The van der Waals surface area contributed by atoms with Crippen LogP contribution in [-0.2, 0) is 0 Å². The number of fused-ring (bicyclic) bond motifs is 1. The van der Waals surface area contributed by atoms with Crippen LogP contribution in [-0.4, -0.2) is 38.2 Å². The highest BCUT2D eigenvalue weighted by Gasteiger charge is 2.33. The molecule has 1 amide bonds. The van der Waals surface area contributed by atoms with Gasteiger partial charge in [-0.25, -0.2) is 9.67 Å². The molecule has 0 saturated heterocycles. The average molecular weight is 300 g/mol. The molecule has 2 heterocycles. The van der Waals surface area contributed by atoms with Crippen molar-refractivity contribution in [2.75, 3.05) is 6.54 Å². The Morgan fingerprint density at radius 1 is 1.32 bits per heavy atom. The van der Waals surface area contributed by atoms with Gasteiger partial charge in [0.05, 0.1) is 11.8 Å². The fourth-order valence-electron chi connectivity index (χ4n) is 2.78. The van der Waals surface area contributed by atoms with Crippen LogP contribution < -0.4 is 0 Å². The van der Waals surface area contributed by atoms with E-state index in [0.29, 0.717) is 17.5 Å². The number of pyridine rings is 1. The molecule has 5 nitrogen and oxygen atoms in total. The molecule has 0 aromatic carbocycles. The summed E-state index contributed by atoms with van der Waals surface area (Å²) in [4.78, 5) is 19.3. The number of nitrogens with zero attached hydrogens (tertiary/aromatic N) is 4. The van der Waals surface area contributed by atoms with E-state index in [-0.39, 0.29) is 11.9 Å². The average Bonchev–Trinajstić information content (AvgIpc) is 3.21. The highest BCUT2D eigenvalue weighted by molar-refractivity contribution is 5.97. The lowest BCUT2D eigenvalue weighted by Crippen LogP contribution is -2.36. The molecule has 118 valence electrons. The number of aromatic nitrogens is 3. The molecular weight excluding hydrogens is 276 g/mol. The summed E-state index contributed by atoms with van der Waals surface area (Å²) < 4.78 is 1.89. The van der Waals surface area contributed by atoms with Crippen molar-refractivity contribution in [2.45, 2.75) is 52.6 Å². The van der Waals surface area contributed by atoms with Crippen molar-refractivity contribution in [2.24, 2.45) is 5.92 Å². The van der Waals surface area contributed by atoms with E-state index >= 15 is 0 Å². The molecule has 2 aromatic rings. The van der Waals surface area contributed by atoms with Gasteiger partial charge in [0.1, 0.15) is 0 Å². The quantitative estimate of drug-likeness (QED) is 0.851. The molecule has 1 fully saturated rings. The van der Waals surface area contributed by atoms with Crippen LogP contribution in [0.3, 0.4) is 0 Å². The lowest BCUT2D eigenvalue weighted by molar-refractivity contribution is 0.0722. The molecule has 5 heteroatoms. The van der Waals surface area contributed by atoms with Crippen LogP contribution in [0.4, 0.5) is 0 Å². The molecule has 22 heavy (non-hydrogen) atoms. The second kappa shape index (κ2) is 5.71. The van der Waals surface area contributed by atoms with Crippen LogP contribution in [0, 0.1) is 5.92 Å². The first kappa shape index (κ1) is 15.0. The predicted octanol–water partition coefficient (Wildman–Crippen LogP) is 3.27. The van der Waals surface area contributed by atoms with Crippen molar-refractivity contribution in [3.63, 3.8) is 0 Å². The number of amides is 1. The molecule has 0 aliphatic heterocycles. The fraction of sp³-hybridized carbons (Fsp3) is 0.588. The van der Waals surface area contributed by atoms with E-state index in [0.717, 1.165) is 30.4 Å². The summed E-state index contributed by atoms with van der Waals surface area (Å²) in [6.45, 7) is 9.26. The summed E-state index contributed by atoms with van der Waals surface area (Å²) in [5.74, 6) is 0.577. The van der Waals surface area contributed by atoms with Crippen LogP contribution in [0.2, 0.25) is 0 Å². The van der Waals surface area contributed by atoms with Crippen molar-refractivity contribution >= 4 is 16.9 Å². The number of hydrogen-bond acceptors (Lipinski definition) is 3. The van der Waals surface area contributed by atoms with Gasteiger partial charge >= 0.3 is 0 Å². The highest BCUT2D eigenvalue weighted by Crippen LogP contribution is 2.29. The number of carbonyl (C=O) groups is 1. The largest absolute Gasteiger partial charge is 0.335 e. The van der Waals surface area contributed by atoms with Crippen molar-refractivity contribution in [3.05, 3.63) is 24.0 Å². The van der Waals surface area contributed by atoms with Crippen LogP contribution in [0.25, 0.3) is 11.0 Å². The molecule has 0 radical (unpaired) electrons. The maximum Gasteiger partial charge on any atom is 0.255 e. The minimum absolute atomic E-state index is 0.0999. The first-order chi connectivity index (χ1) is 10.5. The van der Waals surface area contributed by atoms with E-state index in [2.05, 4.69) is 37.8 Å². The molecule has 0 N–H and O–H groups in total. The Balaban J connectivity index is 1.90. The van der Waals surface area contributed by atoms with E-state index < -0.39 is 0 Å². The molecule has 1 aliphatic carbocycles. The molecule has 0 bridgehead atoms. The van der Waals surface area contributed by atoms with Gasteiger partial charge in [-0.1, -0.05) is 13.8 Å². The molecule has 1 aliphatic rings. The fourth-order valence-corrected chi connectivity index (χ4v) is 2.78. The predicted molar refractivity (Wildman–Crippen MR) is 86.8 cm³/mol. The summed E-state index contributed by atoms with van der Waals surface area (Å²) in [5, 5.41) is 5.30. The van der Waals surface area contributed by atoms with E-state index in [1.807, 2.05) is 15.6 Å². The second-order valence-corrected chi connectivity index (χ2v) is 6.90. The lowest BCUT2D eigenvalue weighted by atomic mass is 10.1. The SMILES string of the molecule is CC(C)CN(C(=O)c1cnc2c(cnn2C(C)C)c1)C1CC1. The number of carbonyl (C=O) groups excluding carboxylic acids is 1. The van der Waals surface area contributed by atoms with E-state index in [1.165, 1.54) is 0 Å². The molecule has 1 saturated carbocycles. The van der Waals surface area contributed by atoms with Gasteiger partial charge < -0.3 is 4.90 Å². The first-order valence-electron chi connectivity index (χ1n) is 8.11. The van der Waals surface area contributed by atoms with E-state index in [9.17, 15) is 4.79 Å². The van der Waals surface area contributed by atoms with E-state index in [1.54, 1.807) is 12.4 Å². The van der Waals surface area contributed by atoms with Gasteiger partial charge in [-0.05, 0) is 38.7 Å². The van der Waals surface area contributed by atoms with Crippen LogP contribution in [0.15, 0.2) is 18.5 Å². The van der Waals surface area contributed by atoms with Crippen molar-refractivity contribution < 1.29 is 4.79 Å². The molecule has 3 rings (SSSR count). The van der Waals surface area contributed by atoms with Crippen molar-refractivity contribution in [3.8, 4) is 0 Å². The number of rotatable bonds is 5. The summed E-state index contributed by atoms with van der Waals surface area (Å²) in [6.07, 6.45) is 5.74. The minimum Gasteiger partial charge on any atom is -0.335 e. The molecular formula is C17H24N4O. The zero-order chi connectivity index (χ0) is 15.9. The standard InChI is InChI=1S/C17H24N4O/c1-11(2)10-20(15-5-6-15)17(22)14-7-13-9-19-21(12(3)4)16(13)18-8-14/h7-9,11-12,15H,5-6,10H2,1-4H3. The van der Waals surface area contributed by atoms with Gasteiger partial charge in [0, 0.05) is 30.2 Å². The van der Waals surface area contributed by atoms with Gasteiger partial charge in [-0.15, -0.1) is 0 Å². The van der Waals surface area contributed by atoms with Gasteiger partial charge in [-0.3, -0.25) is 4.79 Å². The van der Waals surface area contributed by atoms with Crippen molar-refractivity contribution in [1.82, 2.24) is 19.7 Å². The summed E-state index contributed by atoms with van der Waals surface area (Å²) in [7, 11) is 0. The second-order valence-electron chi connectivity index (χ2n) is 6.90. The van der Waals surface area contributed by atoms with Gasteiger partial charge in [0.2, 0.25) is 0 Å². The molecule has 0 unspecified atom stereocenters. The summed E-state index contributed by atoms with van der Waals surface area (Å²) >= 11 is 0. The Labute approximate surface area is 131 Å². The van der Waals surface area contributed by atoms with Crippen molar-refractivity contribution in [1.29, 1.82) is 0 Å².